The Morgan fingerprint density at radius 3 is 2.50 bits per heavy atom. The van der Waals surface area contributed by atoms with E-state index in [9.17, 15) is 14.3 Å². The van der Waals surface area contributed by atoms with Crippen molar-refractivity contribution in [2.75, 3.05) is 0 Å². The molecule has 1 aromatic carbocycles. The highest BCUT2D eigenvalue weighted by Gasteiger charge is 2.08. The Morgan fingerprint density at radius 2 is 2.00 bits per heavy atom. The van der Waals surface area contributed by atoms with E-state index >= 15 is 0 Å². The molecule has 0 saturated carbocycles. The zero-order valence-corrected chi connectivity index (χ0v) is 7.70. The summed E-state index contributed by atoms with van der Waals surface area (Å²) >= 11 is 0. The molecule has 0 amide bonds. The third kappa shape index (κ3) is 3.14. The molecule has 0 saturated heterocycles. The first-order valence-electron chi connectivity index (χ1n) is 4.38. The molecule has 3 N–H and O–H groups in total. The van der Waals surface area contributed by atoms with Crippen LogP contribution in [0.15, 0.2) is 24.3 Å². The molecule has 0 aliphatic carbocycles. The summed E-state index contributed by atoms with van der Waals surface area (Å²) in [6.07, 6.45) is 0.388. The third-order valence-electron chi connectivity index (χ3n) is 2.04. The highest BCUT2D eigenvalue weighted by molar-refractivity contribution is 5.64. The molecule has 0 aliphatic heterocycles. The molecule has 0 spiro atoms. The Balaban J connectivity index is 2.56. The minimum Gasteiger partial charge on any atom is -0.550 e. The smallest absolute Gasteiger partial charge is 0.123 e. The maximum Gasteiger partial charge on any atom is 0.123 e. The van der Waals surface area contributed by atoms with Gasteiger partial charge in [-0.15, -0.1) is 0 Å². The van der Waals surface area contributed by atoms with Crippen LogP contribution in [-0.2, 0) is 4.79 Å². The lowest BCUT2D eigenvalue weighted by atomic mass is 10.0. The van der Waals surface area contributed by atoms with Crippen molar-refractivity contribution in [2.45, 2.75) is 18.9 Å². The predicted octanol–water partition coefficient (Wildman–Crippen LogP) is -0.361. The van der Waals surface area contributed by atoms with Gasteiger partial charge in [0.05, 0.1) is 0 Å². The molecule has 14 heavy (non-hydrogen) atoms. The lowest BCUT2D eigenvalue weighted by Crippen LogP contribution is -2.53. The van der Waals surface area contributed by atoms with Crippen LogP contribution < -0.4 is 10.8 Å². The molecule has 0 unspecified atom stereocenters. The van der Waals surface area contributed by atoms with Crippen molar-refractivity contribution in [1.29, 1.82) is 0 Å². The van der Waals surface area contributed by atoms with E-state index in [0.29, 0.717) is 6.42 Å². The fourth-order valence-corrected chi connectivity index (χ4v) is 1.19. The Labute approximate surface area is 81.4 Å². The van der Waals surface area contributed by atoms with Crippen molar-refractivity contribution >= 4 is 5.97 Å². The first kappa shape index (κ1) is 10.7. The van der Waals surface area contributed by atoms with Crippen molar-refractivity contribution in [3.05, 3.63) is 35.6 Å². The summed E-state index contributed by atoms with van der Waals surface area (Å²) in [5.41, 5.74) is 4.64. The van der Waals surface area contributed by atoms with Crippen LogP contribution in [0.4, 0.5) is 4.39 Å². The van der Waals surface area contributed by atoms with Gasteiger partial charge in [-0.3, -0.25) is 0 Å². The minimum atomic E-state index is -1.08. The number of carbonyl (C=O) groups is 1. The minimum absolute atomic E-state index is 0.0223. The maximum absolute atomic E-state index is 12.5. The van der Waals surface area contributed by atoms with Gasteiger partial charge in [-0.05, 0) is 18.6 Å². The normalized spacial score (nSPS) is 12.4. The lowest BCUT2D eigenvalue weighted by molar-refractivity contribution is -0.428. The number of quaternary nitrogens is 1. The fourth-order valence-electron chi connectivity index (χ4n) is 1.19. The predicted molar refractivity (Wildman–Crippen MR) is 46.3 cm³/mol. The number of rotatable bonds is 4. The largest absolute Gasteiger partial charge is 0.550 e. The average molecular weight is 197 g/mol. The van der Waals surface area contributed by atoms with Gasteiger partial charge in [-0.25, -0.2) is 4.39 Å². The number of hydrogen-bond donors (Lipinski definition) is 1. The second kappa shape index (κ2) is 4.72. The zero-order chi connectivity index (χ0) is 10.6. The van der Waals surface area contributed by atoms with Crippen LogP contribution in [0.3, 0.4) is 0 Å². The van der Waals surface area contributed by atoms with Crippen LogP contribution >= 0.6 is 0 Å². The van der Waals surface area contributed by atoms with E-state index in [-0.39, 0.29) is 18.3 Å². The average Bonchev–Trinajstić information content (AvgIpc) is 2.15. The molecule has 0 aromatic heterocycles. The van der Waals surface area contributed by atoms with Gasteiger partial charge in [0.25, 0.3) is 0 Å². The molecule has 0 radical (unpaired) electrons. The van der Waals surface area contributed by atoms with E-state index < -0.39 is 5.97 Å². The monoisotopic (exact) mass is 197 g/mol. The summed E-state index contributed by atoms with van der Waals surface area (Å²) in [7, 11) is 0. The molecule has 1 rings (SSSR count). The van der Waals surface area contributed by atoms with Crippen LogP contribution in [0.1, 0.15) is 24.4 Å². The summed E-state index contributed by atoms with van der Waals surface area (Å²) in [6.45, 7) is 0. The molecule has 1 atom stereocenters. The van der Waals surface area contributed by atoms with E-state index in [1.807, 2.05) is 0 Å². The van der Waals surface area contributed by atoms with E-state index in [4.69, 9.17) is 0 Å². The van der Waals surface area contributed by atoms with Crippen LogP contribution in [0, 0.1) is 5.82 Å². The second-order valence-corrected chi connectivity index (χ2v) is 3.16. The van der Waals surface area contributed by atoms with E-state index in [1.54, 1.807) is 12.1 Å². The van der Waals surface area contributed by atoms with Gasteiger partial charge in [0.1, 0.15) is 11.9 Å². The lowest BCUT2D eigenvalue weighted by Gasteiger charge is -2.08. The first-order chi connectivity index (χ1) is 6.59. The molecule has 0 bridgehead atoms. The highest BCUT2D eigenvalue weighted by atomic mass is 19.1. The van der Waals surface area contributed by atoms with Gasteiger partial charge in [-0.2, -0.15) is 0 Å². The van der Waals surface area contributed by atoms with Crippen LogP contribution in [0.25, 0.3) is 0 Å². The van der Waals surface area contributed by atoms with Crippen molar-refractivity contribution in [3.63, 3.8) is 0 Å². The number of carboxylic acid groups (broad SMARTS) is 1. The standard InChI is InChI=1S/C10H12FNO2/c11-8-3-1-7(2-4-8)9(12)5-6-10(13)14/h1-4,9H,5-6,12H2,(H,13,14)/t9-/m1/s1. The maximum atomic E-state index is 12.5. The van der Waals surface area contributed by atoms with Crippen molar-refractivity contribution in [3.8, 4) is 0 Å². The molecule has 4 heteroatoms. The molecule has 0 fully saturated rings. The van der Waals surface area contributed by atoms with E-state index in [0.717, 1.165) is 5.56 Å². The van der Waals surface area contributed by atoms with Crippen LogP contribution in [0.2, 0.25) is 0 Å². The molecule has 3 nitrogen and oxygen atoms in total. The van der Waals surface area contributed by atoms with Gasteiger partial charge >= 0.3 is 0 Å². The Kier molecular flexibility index (Phi) is 3.59. The quantitative estimate of drug-likeness (QED) is 0.716. The molecule has 0 aliphatic rings. The molecule has 0 heterocycles. The number of carbonyl (C=O) groups excluding carboxylic acids is 1. The first-order valence-corrected chi connectivity index (χ1v) is 4.38. The van der Waals surface area contributed by atoms with Crippen LogP contribution in [0.5, 0.6) is 0 Å². The highest BCUT2D eigenvalue weighted by Crippen LogP contribution is 2.13. The van der Waals surface area contributed by atoms with E-state index in [1.165, 1.54) is 12.1 Å². The fraction of sp³-hybridized carbons (Fsp3) is 0.300. The summed E-state index contributed by atoms with van der Waals surface area (Å²) < 4.78 is 12.5. The SMILES string of the molecule is [NH3+][C@H](CCC(=O)[O-])c1ccc(F)cc1. The van der Waals surface area contributed by atoms with E-state index in [2.05, 4.69) is 5.73 Å². The summed E-state index contributed by atoms with van der Waals surface area (Å²) in [4.78, 5) is 10.2. The third-order valence-corrected chi connectivity index (χ3v) is 2.04. The van der Waals surface area contributed by atoms with Gasteiger partial charge in [-0.1, -0.05) is 12.1 Å². The number of carboxylic acids is 1. The second-order valence-electron chi connectivity index (χ2n) is 3.16. The molecule has 1 aromatic rings. The Hall–Kier alpha value is -1.42. The Bertz CT molecular complexity index is 310. The van der Waals surface area contributed by atoms with Gasteiger partial charge in [0, 0.05) is 18.0 Å². The topological polar surface area (TPSA) is 67.8 Å². The van der Waals surface area contributed by atoms with Crippen molar-refractivity contribution in [1.82, 2.24) is 0 Å². The summed E-state index contributed by atoms with van der Waals surface area (Å²) in [6, 6.07) is 5.78. The van der Waals surface area contributed by atoms with Gasteiger partial charge in [0.15, 0.2) is 0 Å². The Morgan fingerprint density at radius 1 is 1.43 bits per heavy atom. The number of hydrogen-bond acceptors (Lipinski definition) is 2. The number of halogens is 1. The molecule has 76 valence electrons. The number of benzene rings is 1. The van der Waals surface area contributed by atoms with Crippen LogP contribution in [-0.4, -0.2) is 5.97 Å². The number of aliphatic carboxylic acids is 1. The van der Waals surface area contributed by atoms with Gasteiger partial charge < -0.3 is 15.6 Å². The van der Waals surface area contributed by atoms with Crippen molar-refractivity contribution < 1.29 is 20.0 Å². The summed E-state index contributed by atoms with van der Waals surface area (Å²) in [5.74, 6) is -1.39. The molecular formula is C10H12FNO2. The zero-order valence-electron chi connectivity index (χ0n) is 7.70. The van der Waals surface area contributed by atoms with Crippen molar-refractivity contribution in [2.24, 2.45) is 0 Å². The summed E-state index contributed by atoms with van der Waals surface area (Å²) in [5, 5.41) is 10.2. The van der Waals surface area contributed by atoms with Gasteiger partial charge in [0.2, 0.25) is 0 Å². The molecular weight excluding hydrogens is 185 g/mol.